The Labute approximate surface area is 642 Å². The van der Waals surface area contributed by atoms with Crippen LogP contribution in [-0.4, -0.2) is 0 Å². The molecule has 0 radical (unpaired) electrons. The summed E-state index contributed by atoms with van der Waals surface area (Å²) in [5, 5.41) is 0. The molecule has 0 heterocycles. The van der Waals surface area contributed by atoms with Gasteiger partial charge >= 0.3 is 0 Å². The maximum absolute atomic E-state index is 2.52. The Hall–Kier alpha value is 0. The summed E-state index contributed by atoms with van der Waals surface area (Å²) < 4.78 is 0. The Morgan fingerprint density at radius 3 is 0.931 bits per heavy atom. The van der Waals surface area contributed by atoms with Gasteiger partial charge in [-0.1, -0.05) is 221 Å². The molecule has 3 spiro atoms. The van der Waals surface area contributed by atoms with Gasteiger partial charge in [0.05, 0.1) is 0 Å². The van der Waals surface area contributed by atoms with E-state index >= 15 is 0 Å². The van der Waals surface area contributed by atoms with Gasteiger partial charge in [0.1, 0.15) is 0 Å². The maximum atomic E-state index is 2.52. The molecule has 9 atom stereocenters. The third-order valence-electron chi connectivity index (χ3n) is 38.0. The Kier molecular flexibility index (Phi) is 30.7. The summed E-state index contributed by atoms with van der Waals surface area (Å²) in [6.07, 6.45) is 82.3. The van der Waals surface area contributed by atoms with Crippen molar-refractivity contribution < 1.29 is 0 Å². The number of fused-ring (bicyclic) bond motifs is 16. The van der Waals surface area contributed by atoms with Gasteiger partial charge in [-0.3, -0.25) is 0 Å². The quantitative estimate of drug-likeness (QED) is 0.245. The van der Waals surface area contributed by atoms with Gasteiger partial charge in [0.25, 0.3) is 0 Å². The van der Waals surface area contributed by atoms with Gasteiger partial charge in [0.2, 0.25) is 0 Å². The number of hydrogen-bond donors (Lipinski definition) is 0. The molecule has 22 fully saturated rings. The highest BCUT2D eigenvalue weighted by atomic mass is 14.5. The Balaban J connectivity index is 0.000000124. The van der Waals surface area contributed by atoms with E-state index in [0.29, 0.717) is 21.7 Å². The summed E-state index contributed by atoms with van der Waals surface area (Å²) in [6, 6.07) is 0. The van der Waals surface area contributed by atoms with Gasteiger partial charge in [0, 0.05) is 0 Å². The molecular weight excluding hydrogens is 1230 g/mol. The minimum Gasteiger partial charge on any atom is -0.0649 e. The molecule has 0 saturated heterocycles. The molecule has 0 aromatic heterocycles. The lowest BCUT2D eigenvalue weighted by atomic mass is 9.52. The van der Waals surface area contributed by atoms with E-state index in [1.54, 1.807) is 96.3 Å². The average Bonchev–Trinajstić information content (AvgIpc) is 1.05. The van der Waals surface area contributed by atoms with Gasteiger partial charge in [-0.15, -0.1) is 0 Å². The smallest absolute Gasteiger partial charge is 0.0297 e. The van der Waals surface area contributed by atoms with Gasteiger partial charge in [-0.2, -0.15) is 0 Å². The molecule has 0 N–H and O–H groups in total. The van der Waals surface area contributed by atoms with Crippen LogP contribution in [0, 0.1) is 168 Å². The number of hydrogen-bond acceptors (Lipinski definition) is 0. The molecule has 12 bridgehead atoms. The lowest BCUT2D eigenvalue weighted by molar-refractivity contribution is -0.0319. The zero-order valence-electron chi connectivity index (χ0n) is 73.3. The molecule has 22 aliphatic rings. The van der Waals surface area contributed by atoms with Crippen LogP contribution < -0.4 is 0 Å². The van der Waals surface area contributed by atoms with Crippen LogP contribution in [-0.2, 0) is 0 Å². The monoisotopic (exact) mass is 1410 g/mol. The number of rotatable bonds is 1. The largest absolute Gasteiger partial charge is 0.0649 e. The molecule has 0 amide bonds. The Morgan fingerprint density at radius 1 is 0.265 bits per heavy atom. The van der Waals surface area contributed by atoms with Crippen molar-refractivity contribution in [1.82, 2.24) is 0 Å². The molecule has 22 rings (SSSR count). The Morgan fingerprint density at radius 2 is 0.627 bits per heavy atom. The van der Waals surface area contributed by atoms with Gasteiger partial charge in [0.15, 0.2) is 0 Å². The van der Waals surface area contributed by atoms with E-state index in [1.807, 2.05) is 0 Å². The van der Waals surface area contributed by atoms with E-state index < -0.39 is 0 Å². The van der Waals surface area contributed by atoms with Crippen molar-refractivity contribution >= 4 is 0 Å². The molecular formula is C102H186. The van der Waals surface area contributed by atoms with Crippen molar-refractivity contribution in [2.75, 3.05) is 0 Å². The van der Waals surface area contributed by atoms with Crippen LogP contribution in [0.2, 0.25) is 0 Å². The maximum Gasteiger partial charge on any atom is -0.0297 e. The zero-order chi connectivity index (χ0) is 73.3. The van der Waals surface area contributed by atoms with Crippen molar-refractivity contribution in [3.05, 3.63) is 0 Å². The van der Waals surface area contributed by atoms with Crippen molar-refractivity contribution in [2.24, 2.45) is 168 Å². The van der Waals surface area contributed by atoms with Gasteiger partial charge in [-0.25, -0.2) is 0 Å². The first-order chi connectivity index (χ1) is 48.3. The predicted octanol–water partition coefficient (Wildman–Crippen LogP) is 33.4. The second kappa shape index (κ2) is 37.1. The van der Waals surface area contributed by atoms with E-state index in [9.17, 15) is 0 Å². The molecule has 0 aliphatic heterocycles. The molecule has 0 aromatic rings. The second-order valence-electron chi connectivity index (χ2n) is 47.6. The molecule has 22 saturated carbocycles. The molecule has 0 aromatic carbocycles. The van der Waals surface area contributed by atoms with Crippen molar-refractivity contribution in [3.8, 4) is 0 Å². The van der Waals surface area contributed by atoms with E-state index in [1.165, 1.54) is 250 Å². The fourth-order valence-electron chi connectivity index (χ4n) is 29.3. The highest BCUT2D eigenvalue weighted by Gasteiger charge is 2.48. The highest BCUT2D eigenvalue weighted by Crippen LogP contribution is 2.59. The van der Waals surface area contributed by atoms with Crippen LogP contribution in [0.5, 0.6) is 0 Å². The summed E-state index contributed by atoms with van der Waals surface area (Å²) in [5.74, 6) is 22.2. The minimum atomic E-state index is 0.647. The predicted molar refractivity (Wildman–Crippen MR) is 450 cm³/mol. The molecule has 594 valence electrons. The third kappa shape index (κ3) is 23.6. The molecule has 5 unspecified atom stereocenters. The minimum absolute atomic E-state index is 0.647. The average molecular weight is 1410 g/mol. The zero-order valence-corrected chi connectivity index (χ0v) is 73.3. The lowest BCUT2D eigenvalue weighted by Crippen LogP contribution is -2.44. The van der Waals surface area contributed by atoms with Gasteiger partial charge < -0.3 is 0 Å². The Bertz CT molecular complexity index is 2260. The first-order valence-corrected chi connectivity index (χ1v) is 48.3. The highest BCUT2D eigenvalue weighted by molar-refractivity contribution is 4.99. The molecule has 0 heteroatoms. The van der Waals surface area contributed by atoms with E-state index in [4.69, 9.17) is 0 Å². The van der Waals surface area contributed by atoms with Crippen LogP contribution in [0.1, 0.15) is 478 Å². The standard InChI is InChI=1S/C14H26.C13H24.2C12H22.2C11H20.2C10H18.C9H16/c1-12-4-6-14(7-5-12)10-8-13(2,3)9-11-14;1-4-13(3)8-11-5-10(2)6-12(7-11)9-13;1-9-4-10-6-11(5-9)8-12(2,3)7-10;1-11-5-9-12(10-6-11)7-3-2-4-8-12;1-8-9-4-6-10(7-5-9)11(8,2)3;1-10-4-8-11(9-5-10)6-2-3-7-11;1-8-7-9-3-5-10(8,2)6-4-9;1-7-8(2)10-5-3-9(7)4-6-10;1-7-6-8-2-4-9(7)5-3-8/h12H,4-11H2,1-3H3;10-12H,4-9H2,1-3H3;9-11H,4-8H2,1-3H3;11H,2-10H2,1H3;8-10H,4-7H2,1-3H3;10H,2-9H2,1H3;8-9H,3-7H2,1-2H3;7-10H,3-6H2,1-2H3;7-9H,2-6H2,1H3/t;;;;8-,9?,10?;;8-,9?,10?;7-,8?,9?,10?;7-,8?,9?/m....1.000/s1. The molecule has 0 nitrogen and oxygen atoms in total. The molecule has 102 heavy (non-hydrogen) atoms. The summed E-state index contributed by atoms with van der Waals surface area (Å²) in [4.78, 5) is 0. The fraction of sp³-hybridized carbons (Fsp3) is 1.00. The second-order valence-corrected chi connectivity index (χ2v) is 47.6. The van der Waals surface area contributed by atoms with Crippen LogP contribution in [0.15, 0.2) is 0 Å². The van der Waals surface area contributed by atoms with Crippen molar-refractivity contribution in [1.29, 1.82) is 0 Å². The van der Waals surface area contributed by atoms with Crippen LogP contribution in [0.25, 0.3) is 0 Å². The fourth-order valence-corrected chi connectivity index (χ4v) is 29.3. The topological polar surface area (TPSA) is 0 Å². The molecule has 22 aliphatic carbocycles. The third-order valence-corrected chi connectivity index (χ3v) is 38.0. The van der Waals surface area contributed by atoms with Gasteiger partial charge in [-0.05, 0) is 424 Å². The SMILES string of the molecule is CC1C2CCC(CC2)[C@H]1C.CC1CC2CC(C1)CC(C)(C)C2.CC1CCC2(CC1)CCC(C)(C)CC2.CC1CCC2(CCCC2)CC1.CC1CCC2(CCCCC2)CC1.CCC1(C)CC2CC(C)CC(C2)C1.C[C@@H]1C2CCC(CC2)C1(C)C.C[C@H]1CC2CCC1(C)CC2.C[C@H]1CC2CCC1CC2. The lowest BCUT2D eigenvalue weighted by Gasteiger charge is -2.53. The van der Waals surface area contributed by atoms with Crippen molar-refractivity contribution in [2.45, 2.75) is 478 Å². The van der Waals surface area contributed by atoms with Crippen LogP contribution in [0.4, 0.5) is 0 Å². The van der Waals surface area contributed by atoms with Crippen LogP contribution >= 0.6 is 0 Å². The summed E-state index contributed by atoms with van der Waals surface area (Å²) >= 11 is 0. The van der Waals surface area contributed by atoms with Crippen molar-refractivity contribution in [3.63, 3.8) is 0 Å². The summed E-state index contributed by atoms with van der Waals surface area (Å²) in [5.41, 5.74) is 5.89. The van der Waals surface area contributed by atoms with E-state index in [0.717, 1.165) is 146 Å². The summed E-state index contributed by atoms with van der Waals surface area (Å²) in [6.45, 7) is 46.6. The van der Waals surface area contributed by atoms with E-state index in [2.05, 4.69) is 132 Å². The first kappa shape index (κ1) is 84.4. The van der Waals surface area contributed by atoms with Crippen LogP contribution in [0.3, 0.4) is 0 Å². The van der Waals surface area contributed by atoms with E-state index in [-0.39, 0.29) is 0 Å². The first-order valence-electron chi connectivity index (χ1n) is 48.3. The summed E-state index contributed by atoms with van der Waals surface area (Å²) in [7, 11) is 0. The normalized spacial score (nSPS) is 43.7.